The number of nitrogens with zero attached hydrogens (tertiary/aromatic N) is 1. The highest BCUT2D eigenvalue weighted by molar-refractivity contribution is 6.00. The number of amides is 3. The molecule has 1 fully saturated rings. The van der Waals surface area contributed by atoms with Gasteiger partial charge in [0.2, 0.25) is 11.8 Å². The Morgan fingerprint density at radius 2 is 1.85 bits per heavy atom. The van der Waals surface area contributed by atoms with E-state index in [2.05, 4.69) is 11.4 Å². The number of rotatable bonds is 2. The summed E-state index contributed by atoms with van der Waals surface area (Å²) in [4.78, 5) is 37.1. The number of carbonyl (C=O) groups is 3. The van der Waals surface area contributed by atoms with Crippen molar-refractivity contribution in [2.45, 2.75) is 51.6 Å². The van der Waals surface area contributed by atoms with Crippen LogP contribution in [0.5, 0.6) is 0 Å². The molecule has 1 N–H and O–H groups in total. The van der Waals surface area contributed by atoms with Gasteiger partial charge in [0.15, 0.2) is 0 Å². The Bertz CT molecular complexity index is 774. The summed E-state index contributed by atoms with van der Waals surface area (Å²) in [5.41, 5.74) is 2.71. The van der Waals surface area contributed by atoms with Crippen LogP contribution in [0.25, 0.3) is 5.57 Å². The molecule has 2 aliphatic heterocycles. The molecular formula is C21H26N2O4. The fourth-order valence-corrected chi connectivity index (χ4v) is 3.36. The second-order valence-electron chi connectivity index (χ2n) is 8.03. The highest BCUT2D eigenvalue weighted by Crippen LogP contribution is 2.28. The Kier molecular flexibility index (Phi) is 5.35. The Hall–Kier alpha value is -2.63. The summed E-state index contributed by atoms with van der Waals surface area (Å²) < 4.78 is 5.41. The second-order valence-corrected chi connectivity index (χ2v) is 8.03. The van der Waals surface area contributed by atoms with Gasteiger partial charge in [0.05, 0.1) is 5.92 Å². The van der Waals surface area contributed by atoms with E-state index in [1.54, 1.807) is 4.90 Å². The second kappa shape index (κ2) is 7.55. The van der Waals surface area contributed by atoms with Crippen LogP contribution in [0.1, 0.15) is 57.1 Å². The molecule has 1 aromatic carbocycles. The molecule has 1 atom stereocenters. The van der Waals surface area contributed by atoms with Crippen molar-refractivity contribution in [2.24, 2.45) is 0 Å². The Morgan fingerprint density at radius 3 is 2.41 bits per heavy atom. The molecule has 6 nitrogen and oxygen atoms in total. The third kappa shape index (κ3) is 4.76. The van der Waals surface area contributed by atoms with Crippen molar-refractivity contribution in [1.82, 2.24) is 10.2 Å². The van der Waals surface area contributed by atoms with Crippen LogP contribution in [0.4, 0.5) is 4.79 Å². The fourth-order valence-electron chi connectivity index (χ4n) is 3.36. The maximum absolute atomic E-state index is 12.1. The Balaban J connectivity index is 1.64. The molecule has 0 aliphatic carbocycles. The number of nitrogens with one attached hydrogen (secondary N) is 1. The van der Waals surface area contributed by atoms with Crippen LogP contribution in [-0.2, 0) is 14.3 Å². The lowest BCUT2D eigenvalue weighted by atomic mass is 9.89. The number of benzene rings is 1. The lowest BCUT2D eigenvalue weighted by Crippen LogP contribution is -2.39. The summed E-state index contributed by atoms with van der Waals surface area (Å²) in [6, 6.07) is 7.93. The van der Waals surface area contributed by atoms with Gasteiger partial charge in [0.25, 0.3) is 0 Å². The summed E-state index contributed by atoms with van der Waals surface area (Å²) in [5.74, 6) is -0.682. The first-order valence-corrected chi connectivity index (χ1v) is 9.34. The zero-order valence-electron chi connectivity index (χ0n) is 16.1. The molecule has 0 spiro atoms. The summed E-state index contributed by atoms with van der Waals surface area (Å²) in [7, 11) is 0. The third-order valence-corrected chi connectivity index (χ3v) is 4.78. The number of imide groups is 1. The minimum absolute atomic E-state index is 0.199. The summed E-state index contributed by atoms with van der Waals surface area (Å²) in [5, 5.41) is 2.40. The van der Waals surface area contributed by atoms with Gasteiger partial charge in [0, 0.05) is 19.5 Å². The quantitative estimate of drug-likeness (QED) is 0.811. The van der Waals surface area contributed by atoms with Crippen molar-refractivity contribution < 1.29 is 19.1 Å². The van der Waals surface area contributed by atoms with Crippen LogP contribution in [-0.4, -0.2) is 41.5 Å². The standard InChI is InChI=1S/C21H26N2O4/c1-21(2,3)27-20(26)23-12-10-15(11-13-23)14-4-6-16(7-5-14)17-8-9-18(24)22-19(17)25/h4-7,10,17H,8-9,11-13H2,1-3H3,(H,22,24,25)/t17-/m1/s1. The van der Waals surface area contributed by atoms with Crippen LogP contribution in [0.15, 0.2) is 30.3 Å². The summed E-state index contributed by atoms with van der Waals surface area (Å²) in [6.45, 7) is 6.73. The first kappa shape index (κ1) is 19.1. The predicted molar refractivity (Wildman–Crippen MR) is 102 cm³/mol. The maximum Gasteiger partial charge on any atom is 0.410 e. The van der Waals surface area contributed by atoms with Crippen molar-refractivity contribution >= 4 is 23.5 Å². The molecule has 0 saturated carbocycles. The maximum atomic E-state index is 12.1. The van der Waals surface area contributed by atoms with Crippen molar-refractivity contribution in [3.05, 3.63) is 41.5 Å². The topological polar surface area (TPSA) is 75.7 Å². The van der Waals surface area contributed by atoms with E-state index < -0.39 is 5.60 Å². The fraction of sp³-hybridized carbons (Fsp3) is 0.476. The molecule has 1 saturated heterocycles. The van der Waals surface area contributed by atoms with Gasteiger partial charge in [-0.25, -0.2) is 4.79 Å². The molecular weight excluding hydrogens is 344 g/mol. The molecule has 0 bridgehead atoms. The molecule has 0 unspecified atom stereocenters. The lowest BCUT2D eigenvalue weighted by molar-refractivity contribution is -0.134. The number of hydrogen-bond acceptors (Lipinski definition) is 4. The van der Waals surface area contributed by atoms with Gasteiger partial charge in [-0.2, -0.15) is 0 Å². The molecule has 3 amide bonds. The van der Waals surface area contributed by atoms with E-state index in [0.717, 1.165) is 17.5 Å². The molecule has 1 aromatic rings. The van der Waals surface area contributed by atoms with Gasteiger partial charge < -0.3 is 9.64 Å². The SMILES string of the molecule is CC(C)(C)OC(=O)N1CC=C(c2ccc([C@H]3CCC(=O)NC3=O)cc2)CC1. The van der Waals surface area contributed by atoms with Crippen LogP contribution in [0, 0.1) is 0 Å². The number of piperidine rings is 1. The van der Waals surface area contributed by atoms with Crippen LogP contribution >= 0.6 is 0 Å². The van der Waals surface area contributed by atoms with Crippen molar-refractivity contribution in [1.29, 1.82) is 0 Å². The van der Waals surface area contributed by atoms with Crippen LogP contribution in [0.3, 0.4) is 0 Å². The predicted octanol–water partition coefficient (Wildman–Crippen LogP) is 3.23. The van der Waals surface area contributed by atoms with Gasteiger partial charge >= 0.3 is 6.09 Å². The average molecular weight is 370 g/mol. The minimum atomic E-state index is -0.493. The van der Waals surface area contributed by atoms with E-state index in [1.807, 2.05) is 45.0 Å². The highest BCUT2D eigenvalue weighted by atomic mass is 16.6. The molecule has 2 aliphatic rings. The third-order valence-electron chi connectivity index (χ3n) is 4.78. The van der Waals surface area contributed by atoms with Crippen LogP contribution in [0.2, 0.25) is 0 Å². The van der Waals surface area contributed by atoms with E-state index >= 15 is 0 Å². The number of carbonyl (C=O) groups excluding carboxylic acids is 3. The number of hydrogen-bond donors (Lipinski definition) is 1. The summed E-state index contributed by atoms with van der Waals surface area (Å²) >= 11 is 0. The normalized spacial score (nSPS) is 20.8. The zero-order chi connectivity index (χ0) is 19.6. The van der Waals surface area contributed by atoms with E-state index in [-0.39, 0.29) is 23.8 Å². The van der Waals surface area contributed by atoms with Gasteiger partial charge in [-0.1, -0.05) is 30.3 Å². The zero-order valence-corrected chi connectivity index (χ0v) is 16.1. The van der Waals surface area contributed by atoms with Gasteiger partial charge in [-0.15, -0.1) is 0 Å². The number of ether oxygens (including phenoxy) is 1. The smallest absolute Gasteiger partial charge is 0.410 e. The first-order chi connectivity index (χ1) is 12.7. The van der Waals surface area contributed by atoms with E-state index in [0.29, 0.717) is 25.9 Å². The van der Waals surface area contributed by atoms with Crippen LogP contribution < -0.4 is 5.32 Å². The van der Waals surface area contributed by atoms with Crippen molar-refractivity contribution in [3.63, 3.8) is 0 Å². The molecule has 0 aromatic heterocycles. The first-order valence-electron chi connectivity index (χ1n) is 9.34. The van der Waals surface area contributed by atoms with E-state index in [1.165, 1.54) is 5.57 Å². The molecule has 27 heavy (non-hydrogen) atoms. The van der Waals surface area contributed by atoms with Crippen molar-refractivity contribution in [2.75, 3.05) is 13.1 Å². The van der Waals surface area contributed by atoms with E-state index in [9.17, 15) is 14.4 Å². The summed E-state index contributed by atoms with van der Waals surface area (Å²) in [6.07, 6.45) is 3.46. The molecule has 144 valence electrons. The molecule has 6 heteroatoms. The largest absolute Gasteiger partial charge is 0.444 e. The van der Waals surface area contributed by atoms with Gasteiger partial charge in [-0.3, -0.25) is 14.9 Å². The Labute approximate surface area is 159 Å². The molecule has 2 heterocycles. The minimum Gasteiger partial charge on any atom is -0.444 e. The van der Waals surface area contributed by atoms with Gasteiger partial charge in [0.1, 0.15) is 5.60 Å². The molecule has 0 radical (unpaired) electrons. The average Bonchev–Trinajstić information content (AvgIpc) is 2.61. The Morgan fingerprint density at radius 1 is 1.15 bits per heavy atom. The molecule has 3 rings (SSSR count). The van der Waals surface area contributed by atoms with Crippen molar-refractivity contribution in [3.8, 4) is 0 Å². The monoisotopic (exact) mass is 370 g/mol. The lowest BCUT2D eigenvalue weighted by Gasteiger charge is -2.29. The highest BCUT2D eigenvalue weighted by Gasteiger charge is 2.28. The van der Waals surface area contributed by atoms with Gasteiger partial charge in [-0.05, 0) is 50.3 Å². The van der Waals surface area contributed by atoms with E-state index in [4.69, 9.17) is 4.74 Å².